The van der Waals surface area contributed by atoms with Crippen LogP contribution in [-0.4, -0.2) is 50.7 Å². The Morgan fingerprint density at radius 3 is 1.90 bits per heavy atom. The van der Waals surface area contributed by atoms with E-state index in [-0.39, 0.29) is 0 Å². The molecule has 1 aromatic rings. The van der Waals surface area contributed by atoms with E-state index in [9.17, 15) is 0 Å². The number of nitrogens with one attached hydrogen (secondary N) is 2. The summed E-state index contributed by atoms with van der Waals surface area (Å²) in [5, 5.41) is 7.18. The molecular weight excluding hydrogens is 368 g/mol. The fraction of sp³-hybridized carbons (Fsp3) is 0.615. The van der Waals surface area contributed by atoms with Gasteiger partial charge in [0.2, 0.25) is 0 Å². The number of nitrogens with zero attached hydrogens (tertiary/aromatic N) is 2. The second kappa shape index (κ2) is 11.6. The van der Waals surface area contributed by atoms with Crippen molar-refractivity contribution in [1.82, 2.24) is 15.5 Å². The molecule has 30 heavy (non-hydrogen) atoms. The minimum Gasteiger partial charge on any atom is -0.375 e. The molecule has 0 spiro atoms. The van der Waals surface area contributed by atoms with Crippen LogP contribution in [0.15, 0.2) is 47.7 Å². The lowest BCUT2D eigenvalue weighted by Crippen LogP contribution is -2.31. The molecule has 1 aromatic carbocycles. The molecule has 2 N–H and O–H groups in total. The maximum absolute atomic E-state index is 3.61. The van der Waals surface area contributed by atoms with Gasteiger partial charge in [0.15, 0.2) is 0 Å². The average Bonchev–Trinajstić information content (AvgIpc) is 2.83. The molecule has 2 heterocycles. The van der Waals surface area contributed by atoms with E-state index in [1.54, 1.807) is 11.3 Å². The lowest BCUT2D eigenvalue weighted by molar-refractivity contribution is 0.276. The molecule has 2 fully saturated rings. The highest BCUT2D eigenvalue weighted by Crippen LogP contribution is 2.24. The van der Waals surface area contributed by atoms with Crippen LogP contribution in [0.4, 0.5) is 5.69 Å². The zero-order valence-corrected chi connectivity index (χ0v) is 18.7. The van der Waals surface area contributed by atoms with Gasteiger partial charge in [-0.1, -0.05) is 23.8 Å². The SMILES string of the molecule is C1=C(CNCCNCc2ccc(N3CCCCC3)cc2)CCC(N2CCCCC2)=C1. The number of anilines is 1. The topological polar surface area (TPSA) is 30.5 Å². The van der Waals surface area contributed by atoms with Crippen molar-refractivity contribution in [2.75, 3.05) is 50.7 Å². The fourth-order valence-electron chi connectivity index (χ4n) is 4.90. The van der Waals surface area contributed by atoms with Crippen molar-refractivity contribution in [2.45, 2.75) is 57.9 Å². The monoisotopic (exact) mass is 408 g/mol. The number of likely N-dealkylation sites (tertiary alicyclic amines) is 1. The van der Waals surface area contributed by atoms with Gasteiger partial charge in [-0.05, 0) is 75.1 Å². The molecule has 0 atom stereocenters. The summed E-state index contributed by atoms with van der Waals surface area (Å²) in [4.78, 5) is 5.13. The highest BCUT2D eigenvalue weighted by molar-refractivity contribution is 5.47. The molecule has 0 aromatic heterocycles. The van der Waals surface area contributed by atoms with E-state index in [2.05, 4.69) is 56.9 Å². The number of piperidine rings is 2. The molecule has 4 heteroatoms. The third kappa shape index (κ3) is 6.36. The van der Waals surface area contributed by atoms with Crippen molar-refractivity contribution >= 4 is 5.69 Å². The quantitative estimate of drug-likeness (QED) is 0.591. The fourth-order valence-corrected chi connectivity index (χ4v) is 4.90. The summed E-state index contributed by atoms with van der Waals surface area (Å²) in [5.74, 6) is 0. The second-order valence-corrected chi connectivity index (χ2v) is 9.10. The van der Waals surface area contributed by atoms with Crippen LogP contribution in [-0.2, 0) is 6.54 Å². The zero-order valence-electron chi connectivity index (χ0n) is 18.7. The van der Waals surface area contributed by atoms with Crippen molar-refractivity contribution in [3.05, 3.63) is 53.3 Å². The summed E-state index contributed by atoms with van der Waals surface area (Å²) in [7, 11) is 0. The van der Waals surface area contributed by atoms with Gasteiger partial charge in [-0.25, -0.2) is 0 Å². The standard InChI is InChI=1S/C26H40N4/c1-3-17-29(18-4-1)25-11-7-23(8-12-25)21-27-15-16-28-22-24-9-13-26(14-10-24)30-19-5-2-6-20-30/h7-9,11-13,27-28H,1-6,10,14-22H2. The van der Waals surface area contributed by atoms with E-state index in [4.69, 9.17) is 0 Å². The Balaban J connectivity index is 1.09. The molecule has 164 valence electrons. The van der Waals surface area contributed by atoms with Gasteiger partial charge in [-0.2, -0.15) is 0 Å². The number of hydrogen-bond donors (Lipinski definition) is 2. The molecule has 1 aliphatic carbocycles. The molecule has 0 bridgehead atoms. The molecule has 4 rings (SSSR count). The Morgan fingerprint density at radius 1 is 0.633 bits per heavy atom. The van der Waals surface area contributed by atoms with Gasteiger partial charge < -0.3 is 20.4 Å². The normalized spacial score (nSPS) is 20.1. The first-order valence-electron chi connectivity index (χ1n) is 12.3. The average molecular weight is 409 g/mol. The Hall–Kier alpha value is -1.78. The molecule has 4 nitrogen and oxygen atoms in total. The van der Waals surface area contributed by atoms with Gasteiger partial charge in [0.05, 0.1) is 0 Å². The van der Waals surface area contributed by atoms with Gasteiger partial charge in [0, 0.05) is 63.7 Å². The molecule has 2 aliphatic heterocycles. The highest BCUT2D eigenvalue weighted by Gasteiger charge is 2.15. The number of allylic oxidation sites excluding steroid dienone is 3. The van der Waals surface area contributed by atoms with Crippen molar-refractivity contribution in [3.8, 4) is 0 Å². The highest BCUT2D eigenvalue weighted by atomic mass is 15.1. The van der Waals surface area contributed by atoms with Gasteiger partial charge in [0.1, 0.15) is 0 Å². The van der Waals surface area contributed by atoms with Crippen LogP contribution >= 0.6 is 0 Å². The second-order valence-electron chi connectivity index (χ2n) is 9.10. The molecule has 0 saturated carbocycles. The van der Waals surface area contributed by atoms with E-state index >= 15 is 0 Å². The van der Waals surface area contributed by atoms with Gasteiger partial charge >= 0.3 is 0 Å². The molecule has 0 unspecified atom stereocenters. The molecule has 0 radical (unpaired) electrons. The Kier molecular flexibility index (Phi) is 8.27. The van der Waals surface area contributed by atoms with E-state index < -0.39 is 0 Å². The van der Waals surface area contributed by atoms with Crippen LogP contribution in [0.2, 0.25) is 0 Å². The van der Waals surface area contributed by atoms with E-state index in [0.29, 0.717) is 0 Å². The third-order valence-corrected chi connectivity index (χ3v) is 6.79. The molecule has 2 saturated heterocycles. The lowest BCUT2D eigenvalue weighted by atomic mass is 10.00. The Labute approximate surface area is 183 Å². The Bertz CT molecular complexity index is 694. The third-order valence-electron chi connectivity index (χ3n) is 6.79. The number of rotatable bonds is 9. The predicted molar refractivity (Wildman–Crippen MR) is 128 cm³/mol. The van der Waals surface area contributed by atoms with Gasteiger partial charge in [-0.15, -0.1) is 0 Å². The smallest absolute Gasteiger partial charge is 0.0366 e. The van der Waals surface area contributed by atoms with Crippen molar-refractivity contribution in [3.63, 3.8) is 0 Å². The van der Waals surface area contributed by atoms with E-state index in [1.807, 2.05) is 0 Å². The van der Waals surface area contributed by atoms with Crippen LogP contribution in [0.5, 0.6) is 0 Å². The number of hydrogen-bond acceptors (Lipinski definition) is 4. The summed E-state index contributed by atoms with van der Waals surface area (Å²) < 4.78 is 0. The van der Waals surface area contributed by atoms with Gasteiger partial charge in [-0.3, -0.25) is 0 Å². The van der Waals surface area contributed by atoms with E-state index in [1.165, 1.54) is 88.8 Å². The number of benzene rings is 1. The molecule has 3 aliphatic rings. The predicted octanol–water partition coefficient (Wildman–Crippen LogP) is 4.45. The van der Waals surface area contributed by atoms with Crippen LogP contribution in [0, 0.1) is 0 Å². The van der Waals surface area contributed by atoms with Crippen LogP contribution in [0.3, 0.4) is 0 Å². The first kappa shape index (κ1) is 21.5. The van der Waals surface area contributed by atoms with Crippen molar-refractivity contribution in [2.24, 2.45) is 0 Å². The molecule has 0 amide bonds. The van der Waals surface area contributed by atoms with Crippen molar-refractivity contribution in [1.29, 1.82) is 0 Å². The largest absolute Gasteiger partial charge is 0.375 e. The first-order valence-corrected chi connectivity index (χ1v) is 12.3. The molecular formula is C26H40N4. The maximum Gasteiger partial charge on any atom is 0.0366 e. The van der Waals surface area contributed by atoms with Crippen molar-refractivity contribution < 1.29 is 0 Å². The summed E-state index contributed by atoms with van der Waals surface area (Å²) >= 11 is 0. The first-order chi connectivity index (χ1) is 14.9. The maximum atomic E-state index is 3.61. The summed E-state index contributed by atoms with van der Waals surface area (Å²) in [6, 6.07) is 9.15. The van der Waals surface area contributed by atoms with Crippen LogP contribution < -0.4 is 15.5 Å². The summed E-state index contributed by atoms with van der Waals surface area (Å²) in [5.41, 5.74) is 5.87. The summed E-state index contributed by atoms with van der Waals surface area (Å²) in [6.45, 7) is 8.97. The minimum atomic E-state index is 0.951. The van der Waals surface area contributed by atoms with Gasteiger partial charge in [0.25, 0.3) is 0 Å². The minimum absolute atomic E-state index is 0.951. The van der Waals surface area contributed by atoms with Crippen LogP contribution in [0.1, 0.15) is 56.9 Å². The summed E-state index contributed by atoms with van der Waals surface area (Å²) in [6.07, 6.45) is 15.4. The Morgan fingerprint density at radius 2 is 1.27 bits per heavy atom. The lowest BCUT2D eigenvalue weighted by Gasteiger charge is -2.32. The zero-order chi connectivity index (χ0) is 20.4. The van der Waals surface area contributed by atoms with Crippen LogP contribution in [0.25, 0.3) is 0 Å². The van der Waals surface area contributed by atoms with E-state index in [0.717, 1.165) is 26.2 Å².